The second kappa shape index (κ2) is 22.9. The Bertz CT molecular complexity index is 4700. The normalized spacial score (nSPS) is 14.5. The maximum atomic E-state index is 11.4. The zero-order chi connectivity index (χ0) is 57.5. The number of H-pyrrole nitrogens is 1. The molecule has 13 rings (SSSR count). The number of nitrogens with zero attached hydrogens (tertiary/aromatic N) is 7. The van der Waals surface area contributed by atoms with Crippen molar-refractivity contribution >= 4 is 126 Å². The molecule has 0 spiro atoms. The third kappa shape index (κ3) is 11.8. The van der Waals surface area contributed by atoms with Crippen LogP contribution in [0.1, 0.15) is 36.4 Å². The number of thiazole rings is 1. The van der Waals surface area contributed by atoms with Crippen molar-refractivity contribution in [2.75, 3.05) is 42.0 Å². The van der Waals surface area contributed by atoms with Gasteiger partial charge in [0.25, 0.3) is 21.9 Å². The number of hydrogen-bond acceptors (Lipinski definition) is 16. The number of fused-ring (bicyclic) bond motifs is 9. The number of benzene rings is 7. The second-order valence-corrected chi connectivity index (χ2v) is 24.7. The van der Waals surface area contributed by atoms with Crippen LogP contribution in [0.5, 0.6) is 11.5 Å². The van der Waals surface area contributed by atoms with Crippen LogP contribution in [-0.2, 0) is 33.8 Å². The van der Waals surface area contributed by atoms with Gasteiger partial charge in [-0.25, -0.2) is 26.8 Å². The Morgan fingerprint density at radius 1 is 0.829 bits per heavy atom. The van der Waals surface area contributed by atoms with Gasteiger partial charge in [-0.1, -0.05) is 103 Å². The molecule has 18 nitrogen and oxygen atoms in total. The summed E-state index contributed by atoms with van der Waals surface area (Å²) in [5.41, 5.74) is 6.19. The lowest BCUT2D eigenvalue weighted by Gasteiger charge is -2.19. The highest BCUT2D eigenvalue weighted by Crippen LogP contribution is 2.48. The number of thioether (sulfide) groups is 1. The molecule has 11 aromatic rings. The molecule has 4 aromatic heterocycles. The number of allylic oxidation sites excluding steroid dienone is 2. The zero-order valence-corrected chi connectivity index (χ0v) is 48.4. The molecule has 22 heteroatoms. The van der Waals surface area contributed by atoms with Crippen molar-refractivity contribution in [1.29, 1.82) is 0 Å². The summed E-state index contributed by atoms with van der Waals surface area (Å²) in [5.74, 6) is 2.31. The average molecular weight is 1180 g/mol. The summed E-state index contributed by atoms with van der Waals surface area (Å²) in [6, 6.07) is 44.0. The predicted octanol–water partition coefficient (Wildman–Crippen LogP) is 10.2. The van der Waals surface area contributed by atoms with Crippen molar-refractivity contribution < 1.29 is 49.0 Å². The van der Waals surface area contributed by atoms with Crippen LogP contribution < -0.4 is 34.0 Å². The van der Waals surface area contributed by atoms with Crippen molar-refractivity contribution in [2.45, 2.75) is 38.1 Å². The van der Waals surface area contributed by atoms with Crippen LogP contribution in [0.25, 0.3) is 71.6 Å². The van der Waals surface area contributed by atoms with Gasteiger partial charge in [-0.15, -0.1) is 0 Å². The summed E-state index contributed by atoms with van der Waals surface area (Å²) in [7, 11) is -3.02. The van der Waals surface area contributed by atoms with Crippen molar-refractivity contribution in [1.82, 2.24) is 19.6 Å². The van der Waals surface area contributed by atoms with E-state index in [-0.39, 0.29) is 18.5 Å². The standard InChI is InChI=1S/C31H28N2O5S.C23H20N2O4S3.C6H6N4O/c1-3-21(15-30-32(2)26-17-22-9-4-6-11-24(22)19-28(26)37-30)16-31-33(13-8-14-39(34,35)36)27-18-23-10-5-7-12-25(23)20-29(27)38-31;1-24-18-13-16(29-2)8-10-19(18)30-21(24)14-22-25(11-12-32(26,27)28)23-17-6-4-3-5-15(17)7-9-20(23)31-22;1-4-2-5(11)10-6(9-4)7-3-8-10/h4-7,9-12,15-20H,3,8,13-14H2,1-2H3;3-10,13-14H,11-12H2,1-2H3;2-3H,1H3,(H,7,8,9). The molecule has 0 fully saturated rings. The molecule has 2 aliphatic heterocycles. The SMILES string of the molecule is CCC(=Cc1oc2cc3ccccc3cc2[n+]1C)C=C1Oc2cc3ccccc3cc2N1CCCS(=O)(=O)[O-].COc1ccc2c(c1)N(C)C(=Cc1sc3ccc4ccccc4c3[n+]1CCS(=O)(=O)[O-])S2.Cc1cc(=O)n2[nH]cnc2n1. The Morgan fingerprint density at radius 2 is 1.52 bits per heavy atom. The van der Waals surface area contributed by atoms with E-state index in [1.165, 1.54) is 16.9 Å². The van der Waals surface area contributed by atoms with Gasteiger partial charge in [0.2, 0.25) is 17.0 Å². The summed E-state index contributed by atoms with van der Waals surface area (Å²) in [4.78, 5) is 24.1. The minimum Gasteiger partial charge on any atom is -0.748 e. The molecule has 0 unspecified atom stereocenters. The number of nitrogens with one attached hydrogen (secondary N) is 1. The molecule has 0 saturated heterocycles. The zero-order valence-electron chi connectivity index (χ0n) is 45.1. The highest BCUT2D eigenvalue weighted by atomic mass is 32.2. The van der Waals surface area contributed by atoms with Crippen LogP contribution in [0.4, 0.5) is 11.4 Å². The van der Waals surface area contributed by atoms with E-state index < -0.39 is 31.7 Å². The number of ether oxygens (including phenoxy) is 2. The fourth-order valence-corrected chi connectivity index (χ4v) is 13.1. The Labute approximate surface area is 480 Å². The van der Waals surface area contributed by atoms with Crippen LogP contribution in [0, 0.1) is 6.92 Å². The highest BCUT2D eigenvalue weighted by Gasteiger charge is 2.30. The maximum absolute atomic E-state index is 11.4. The van der Waals surface area contributed by atoms with E-state index in [9.17, 15) is 30.7 Å². The molecular weight excluding hydrogens is 1120 g/mol. The Kier molecular flexibility index (Phi) is 15.5. The van der Waals surface area contributed by atoms with E-state index in [4.69, 9.17) is 13.9 Å². The number of aromatic nitrogens is 6. The predicted molar refractivity (Wildman–Crippen MR) is 320 cm³/mol. The first-order chi connectivity index (χ1) is 39.4. The third-order valence-corrected chi connectivity index (χ3v) is 17.8. The molecule has 7 aromatic carbocycles. The topological polar surface area (TPSA) is 223 Å². The van der Waals surface area contributed by atoms with Crippen LogP contribution in [0.3, 0.4) is 0 Å². The van der Waals surface area contributed by atoms with E-state index in [1.807, 2.05) is 131 Å². The molecule has 0 aliphatic carbocycles. The summed E-state index contributed by atoms with van der Waals surface area (Å²) >= 11 is 3.24. The molecule has 418 valence electrons. The molecule has 0 atom stereocenters. The van der Waals surface area contributed by atoms with Gasteiger partial charge in [-0.2, -0.15) is 13.6 Å². The van der Waals surface area contributed by atoms with E-state index in [1.54, 1.807) is 37.1 Å². The molecule has 0 saturated carbocycles. The second-order valence-electron chi connectivity index (χ2n) is 19.5. The molecule has 0 radical (unpaired) electrons. The minimum atomic E-state index is -4.34. The Hall–Kier alpha value is -8.38. The van der Waals surface area contributed by atoms with Gasteiger partial charge >= 0.3 is 5.89 Å². The molecule has 1 N–H and O–H groups in total. The van der Waals surface area contributed by atoms with Crippen LogP contribution >= 0.6 is 23.1 Å². The van der Waals surface area contributed by atoms with Crippen molar-refractivity contribution in [3.05, 3.63) is 189 Å². The lowest BCUT2D eigenvalue weighted by atomic mass is 10.1. The Balaban J connectivity index is 0.000000147. The number of rotatable bonds is 12. The van der Waals surface area contributed by atoms with E-state index in [0.717, 1.165) is 91.3 Å². The first kappa shape index (κ1) is 55.5. The van der Waals surface area contributed by atoms with Gasteiger partial charge in [0.15, 0.2) is 12.3 Å². The van der Waals surface area contributed by atoms with E-state index >= 15 is 0 Å². The third-order valence-electron chi connectivity index (χ3n) is 14.0. The maximum Gasteiger partial charge on any atom is 0.374 e. The van der Waals surface area contributed by atoms with Gasteiger partial charge in [-0.05, 0) is 94.7 Å². The molecule has 6 heterocycles. The summed E-state index contributed by atoms with van der Waals surface area (Å²) in [6.45, 7) is 4.26. The smallest absolute Gasteiger partial charge is 0.374 e. The van der Waals surface area contributed by atoms with Crippen molar-refractivity contribution in [3.63, 3.8) is 0 Å². The fraction of sp³-hybridized carbons (Fsp3) is 0.183. The first-order valence-electron chi connectivity index (χ1n) is 26.0. The van der Waals surface area contributed by atoms with Gasteiger partial charge in [0.05, 0.1) is 56.9 Å². The van der Waals surface area contributed by atoms with Crippen LogP contribution in [0.15, 0.2) is 176 Å². The monoisotopic (exact) mass is 1170 g/mol. The van der Waals surface area contributed by atoms with Crippen LogP contribution in [-0.4, -0.2) is 77.7 Å². The number of aromatic amines is 1. The summed E-state index contributed by atoms with van der Waals surface area (Å²) < 4.78 is 92.4. The summed E-state index contributed by atoms with van der Waals surface area (Å²) in [5, 5.41) is 11.0. The highest BCUT2D eigenvalue weighted by molar-refractivity contribution is 8.04. The number of aryl methyl sites for hydroxylation is 3. The van der Waals surface area contributed by atoms with E-state index in [2.05, 4.69) is 69.4 Å². The largest absolute Gasteiger partial charge is 0.748 e. The summed E-state index contributed by atoms with van der Waals surface area (Å²) in [6.07, 6.45) is 8.36. The Morgan fingerprint density at radius 3 is 2.24 bits per heavy atom. The first-order valence-corrected chi connectivity index (χ1v) is 30.8. The number of methoxy groups -OCH3 is 1. The lowest BCUT2D eigenvalue weighted by molar-refractivity contribution is -0.663. The number of hydrogen-bond donors (Lipinski definition) is 1. The van der Waals surface area contributed by atoms with Gasteiger partial charge in [0, 0.05) is 54.2 Å². The lowest BCUT2D eigenvalue weighted by Crippen LogP contribution is -2.38. The molecule has 82 heavy (non-hydrogen) atoms. The quantitative estimate of drug-likeness (QED) is 0.0887. The fourth-order valence-electron chi connectivity index (χ4n) is 9.91. The number of oxazole rings is 1. The minimum absolute atomic E-state index is 0.105. The average Bonchev–Trinajstić information content (AvgIpc) is 4.47. The van der Waals surface area contributed by atoms with Crippen molar-refractivity contribution in [3.8, 4) is 11.5 Å². The number of anilines is 2. The molecule has 0 bridgehead atoms. The molecular formula is C60H54N8O10S4. The molecule has 2 aliphatic rings. The molecule has 0 amide bonds. The van der Waals surface area contributed by atoms with Gasteiger partial charge in [-0.3, -0.25) is 9.89 Å². The van der Waals surface area contributed by atoms with Crippen LogP contribution in [0.2, 0.25) is 0 Å². The van der Waals surface area contributed by atoms with Gasteiger partial charge < -0.3 is 32.8 Å². The van der Waals surface area contributed by atoms with Gasteiger partial charge in [0.1, 0.15) is 33.9 Å². The van der Waals surface area contributed by atoms with Crippen molar-refractivity contribution in [2.24, 2.45) is 7.05 Å². The van der Waals surface area contributed by atoms with E-state index in [0.29, 0.717) is 42.0 Å².